The van der Waals surface area contributed by atoms with Gasteiger partial charge in [0.1, 0.15) is 18.0 Å². The number of carbonyl (C=O) groups excluding carboxylic acids is 1. The molecular formula is C22H20N4O3. The van der Waals surface area contributed by atoms with Gasteiger partial charge in [-0.25, -0.2) is 0 Å². The van der Waals surface area contributed by atoms with Gasteiger partial charge in [-0.1, -0.05) is 18.2 Å². The number of ether oxygens (including phenoxy) is 1. The monoisotopic (exact) mass is 388 g/mol. The van der Waals surface area contributed by atoms with E-state index in [1.54, 1.807) is 10.8 Å². The first-order valence-corrected chi connectivity index (χ1v) is 9.30. The molecule has 0 saturated carbocycles. The van der Waals surface area contributed by atoms with Gasteiger partial charge >= 0.3 is 0 Å². The van der Waals surface area contributed by atoms with E-state index in [1.807, 2.05) is 73.7 Å². The number of carbonyl (C=O) groups is 1. The van der Waals surface area contributed by atoms with Gasteiger partial charge in [0, 0.05) is 17.4 Å². The van der Waals surface area contributed by atoms with Gasteiger partial charge < -0.3 is 19.0 Å². The van der Waals surface area contributed by atoms with Crippen LogP contribution >= 0.6 is 0 Å². The molecule has 7 heteroatoms. The predicted molar refractivity (Wildman–Crippen MR) is 109 cm³/mol. The fraction of sp³-hybridized carbons (Fsp3) is 0.136. The Hall–Kier alpha value is -3.87. The SMILES string of the molecule is CCOc1ccc(NC(=O)Cn2cccc2-c2nnc(-c3ccccc3)o2)cc1. The Morgan fingerprint density at radius 3 is 2.52 bits per heavy atom. The summed E-state index contributed by atoms with van der Waals surface area (Å²) in [5, 5.41) is 11.1. The first kappa shape index (κ1) is 18.5. The topological polar surface area (TPSA) is 82.2 Å². The van der Waals surface area contributed by atoms with E-state index < -0.39 is 0 Å². The summed E-state index contributed by atoms with van der Waals surface area (Å²) in [6.45, 7) is 2.65. The lowest BCUT2D eigenvalue weighted by atomic mass is 10.2. The average Bonchev–Trinajstić information content (AvgIpc) is 3.40. The second kappa shape index (κ2) is 8.43. The molecule has 4 rings (SSSR count). The molecule has 2 aromatic carbocycles. The van der Waals surface area contributed by atoms with Crippen LogP contribution in [0.25, 0.3) is 23.0 Å². The fourth-order valence-electron chi connectivity index (χ4n) is 2.93. The number of benzene rings is 2. The summed E-state index contributed by atoms with van der Waals surface area (Å²) in [7, 11) is 0. The van der Waals surface area contributed by atoms with Gasteiger partial charge in [0.25, 0.3) is 5.89 Å². The molecule has 0 radical (unpaired) electrons. The largest absolute Gasteiger partial charge is 0.494 e. The molecule has 2 heterocycles. The molecule has 2 aromatic heterocycles. The molecule has 0 aliphatic heterocycles. The summed E-state index contributed by atoms with van der Waals surface area (Å²) in [6, 6.07) is 20.5. The summed E-state index contributed by atoms with van der Waals surface area (Å²) >= 11 is 0. The lowest BCUT2D eigenvalue weighted by molar-refractivity contribution is -0.116. The zero-order valence-corrected chi connectivity index (χ0v) is 15.9. The molecule has 0 spiro atoms. The van der Waals surface area contributed by atoms with Crippen molar-refractivity contribution in [3.05, 3.63) is 72.9 Å². The molecule has 0 atom stereocenters. The highest BCUT2D eigenvalue weighted by molar-refractivity contribution is 5.90. The summed E-state index contributed by atoms with van der Waals surface area (Å²) in [5.41, 5.74) is 2.23. The Bertz CT molecular complexity index is 1080. The maximum absolute atomic E-state index is 12.5. The van der Waals surface area contributed by atoms with Crippen molar-refractivity contribution >= 4 is 11.6 Å². The van der Waals surface area contributed by atoms with Crippen molar-refractivity contribution in [3.63, 3.8) is 0 Å². The average molecular weight is 388 g/mol. The van der Waals surface area contributed by atoms with Crippen LogP contribution in [0.2, 0.25) is 0 Å². The van der Waals surface area contributed by atoms with Gasteiger partial charge in [0.05, 0.1) is 6.61 Å². The smallest absolute Gasteiger partial charge is 0.264 e. The molecule has 7 nitrogen and oxygen atoms in total. The van der Waals surface area contributed by atoms with Crippen LogP contribution < -0.4 is 10.1 Å². The molecule has 0 bridgehead atoms. The van der Waals surface area contributed by atoms with Crippen LogP contribution in [0, 0.1) is 0 Å². The Balaban J connectivity index is 1.45. The number of hydrogen-bond donors (Lipinski definition) is 1. The third kappa shape index (κ3) is 4.35. The minimum atomic E-state index is -0.158. The minimum Gasteiger partial charge on any atom is -0.494 e. The number of nitrogens with one attached hydrogen (secondary N) is 1. The predicted octanol–water partition coefficient (Wildman–Crippen LogP) is 4.24. The minimum absolute atomic E-state index is 0.124. The zero-order valence-electron chi connectivity index (χ0n) is 15.9. The van der Waals surface area contributed by atoms with Crippen molar-refractivity contribution in [1.82, 2.24) is 14.8 Å². The molecule has 0 saturated heterocycles. The molecule has 0 aliphatic carbocycles. The van der Waals surface area contributed by atoms with Crippen molar-refractivity contribution in [2.24, 2.45) is 0 Å². The highest BCUT2D eigenvalue weighted by atomic mass is 16.5. The van der Waals surface area contributed by atoms with E-state index in [0.29, 0.717) is 29.8 Å². The molecule has 4 aromatic rings. The zero-order chi connectivity index (χ0) is 20.1. The maximum Gasteiger partial charge on any atom is 0.264 e. The number of anilines is 1. The molecule has 0 aliphatic rings. The van der Waals surface area contributed by atoms with E-state index in [4.69, 9.17) is 9.15 Å². The van der Waals surface area contributed by atoms with Crippen molar-refractivity contribution in [1.29, 1.82) is 0 Å². The normalized spacial score (nSPS) is 10.7. The van der Waals surface area contributed by atoms with E-state index in [1.165, 1.54) is 0 Å². The van der Waals surface area contributed by atoms with Crippen molar-refractivity contribution in [2.45, 2.75) is 13.5 Å². The van der Waals surface area contributed by atoms with Crippen LogP contribution in [0.3, 0.4) is 0 Å². The van der Waals surface area contributed by atoms with Crippen molar-refractivity contribution < 1.29 is 13.9 Å². The van der Waals surface area contributed by atoms with E-state index >= 15 is 0 Å². The second-order valence-corrected chi connectivity index (χ2v) is 6.31. The van der Waals surface area contributed by atoms with E-state index in [9.17, 15) is 4.79 Å². The summed E-state index contributed by atoms with van der Waals surface area (Å²) in [5.74, 6) is 1.41. The van der Waals surface area contributed by atoms with Crippen LogP contribution in [-0.2, 0) is 11.3 Å². The Labute approximate surface area is 168 Å². The van der Waals surface area contributed by atoms with E-state index in [2.05, 4.69) is 15.5 Å². The highest BCUT2D eigenvalue weighted by Gasteiger charge is 2.15. The molecule has 1 N–H and O–H groups in total. The van der Waals surface area contributed by atoms with Crippen LogP contribution in [-0.4, -0.2) is 27.3 Å². The lowest BCUT2D eigenvalue weighted by Crippen LogP contribution is -2.18. The summed E-state index contributed by atoms with van der Waals surface area (Å²) < 4.78 is 13.0. The van der Waals surface area contributed by atoms with Gasteiger partial charge in [-0.3, -0.25) is 4.79 Å². The van der Waals surface area contributed by atoms with Crippen LogP contribution in [0.1, 0.15) is 6.92 Å². The number of hydrogen-bond acceptors (Lipinski definition) is 5. The van der Waals surface area contributed by atoms with Crippen molar-refractivity contribution in [2.75, 3.05) is 11.9 Å². The molecule has 29 heavy (non-hydrogen) atoms. The Morgan fingerprint density at radius 1 is 1.00 bits per heavy atom. The fourth-order valence-corrected chi connectivity index (χ4v) is 2.93. The highest BCUT2D eigenvalue weighted by Crippen LogP contribution is 2.24. The Kier molecular flexibility index (Phi) is 5.38. The third-order valence-electron chi connectivity index (χ3n) is 4.26. The lowest BCUT2D eigenvalue weighted by Gasteiger charge is -2.09. The summed E-state index contributed by atoms with van der Waals surface area (Å²) in [6.07, 6.45) is 1.81. The molecule has 1 amide bonds. The standard InChI is InChI=1S/C22H20N4O3/c1-2-28-18-12-10-17(11-13-18)23-20(27)15-26-14-6-9-19(26)22-25-24-21(29-22)16-7-4-3-5-8-16/h3-14H,2,15H2,1H3,(H,23,27). The Morgan fingerprint density at radius 2 is 1.76 bits per heavy atom. The quantitative estimate of drug-likeness (QED) is 0.512. The number of aromatic nitrogens is 3. The van der Waals surface area contributed by atoms with Crippen LogP contribution in [0.15, 0.2) is 77.3 Å². The molecule has 0 unspecified atom stereocenters. The number of nitrogens with zero attached hydrogens (tertiary/aromatic N) is 3. The second-order valence-electron chi connectivity index (χ2n) is 6.31. The molecule has 0 fully saturated rings. The maximum atomic E-state index is 12.5. The molecule has 146 valence electrons. The number of rotatable bonds is 7. The molecular weight excluding hydrogens is 368 g/mol. The van der Waals surface area contributed by atoms with Gasteiger partial charge in [0.2, 0.25) is 11.8 Å². The van der Waals surface area contributed by atoms with Gasteiger partial charge in [-0.2, -0.15) is 0 Å². The third-order valence-corrected chi connectivity index (χ3v) is 4.26. The number of amides is 1. The first-order valence-electron chi connectivity index (χ1n) is 9.30. The van der Waals surface area contributed by atoms with Crippen molar-refractivity contribution in [3.8, 4) is 28.8 Å². The van der Waals surface area contributed by atoms with E-state index in [0.717, 1.165) is 11.3 Å². The van der Waals surface area contributed by atoms with Gasteiger partial charge in [0.15, 0.2) is 0 Å². The van der Waals surface area contributed by atoms with Gasteiger partial charge in [-0.15, -0.1) is 10.2 Å². The first-order chi connectivity index (χ1) is 14.2. The van der Waals surface area contributed by atoms with Crippen LogP contribution in [0.5, 0.6) is 5.75 Å². The van der Waals surface area contributed by atoms with E-state index in [-0.39, 0.29) is 12.5 Å². The van der Waals surface area contributed by atoms with Crippen LogP contribution in [0.4, 0.5) is 5.69 Å². The summed E-state index contributed by atoms with van der Waals surface area (Å²) in [4.78, 5) is 12.5. The van der Waals surface area contributed by atoms with Gasteiger partial charge in [-0.05, 0) is 55.5 Å².